The monoisotopic (exact) mass is 364 g/mol. The molecule has 0 saturated carbocycles. The Morgan fingerprint density at radius 2 is 2.07 bits per heavy atom. The number of carbonyl (C=O) groups excluding carboxylic acids is 1. The molecule has 9 heteroatoms. The highest BCUT2D eigenvalue weighted by atomic mass is 16.2. The van der Waals surface area contributed by atoms with Crippen molar-refractivity contribution < 1.29 is 4.79 Å². The predicted octanol–water partition coefficient (Wildman–Crippen LogP) is 2.17. The zero-order valence-electron chi connectivity index (χ0n) is 15.0. The van der Waals surface area contributed by atoms with Gasteiger partial charge >= 0.3 is 6.03 Å². The van der Waals surface area contributed by atoms with Crippen LogP contribution in [0.2, 0.25) is 0 Å². The molecule has 1 atom stereocenters. The molecule has 1 N–H and O–H groups in total. The van der Waals surface area contributed by atoms with E-state index in [0.717, 1.165) is 36.5 Å². The van der Waals surface area contributed by atoms with Gasteiger partial charge in [0.1, 0.15) is 6.33 Å². The maximum absolute atomic E-state index is 12.7. The van der Waals surface area contributed by atoms with E-state index in [4.69, 9.17) is 0 Å². The van der Waals surface area contributed by atoms with Gasteiger partial charge in [-0.05, 0) is 60.5 Å². The number of hydrogen-bond donors (Lipinski definition) is 1. The molecule has 1 aliphatic rings. The Hall–Kier alpha value is -3.36. The number of piperidine rings is 1. The van der Waals surface area contributed by atoms with E-state index < -0.39 is 0 Å². The van der Waals surface area contributed by atoms with E-state index in [1.807, 2.05) is 42.2 Å². The number of urea groups is 1. The zero-order valence-corrected chi connectivity index (χ0v) is 15.0. The first-order chi connectivity index (χ1) is 13.2. The average Bonchev–Trinajstić information content (AvgIpc) is 3.15. The molecule has 0 spiro atoms. The van der Waals surface area contributed by atoms with Crippen LogP contribution in [0.5, 0.6) is 0 Å². The molecule has 1 fully saturated rings. The summed E-state index contributed by atoms with van der Waals surface area (Å²) >= 11 is 0. The van der Waals surface area contributed by atoms with E-state index in [1.54, 1.807) is 17.2 Å². The van der Waals surface area contributed by atoms with Crippen molar-refractivity contribution in [3.63, 3.8) is 0 Å². The van der Waals surface area contributed by atoms with E-state index in [9.17, 15) is 4.79 Å². The standard InChI is InChI=1S/C18H20N8O/c1-13-22-23-24-26(13)16-6-4-15(5-7-16)21-18(27)25-10-2-3-14(11-25)17-8-9-19-12-20-17/h4-9,12,14H,2-3,10-11H2,1H3,(H,21,27). The molecule has 27 heavy (non-hydrogen) atoms. The van der Waals surface area contributed by atoms with Gasteiger partial charge in [-0.3, -0.25) is 0 Å². The van der Waals surface area contributed by atoms with Crippen LogP contribution >= 0.6 is 0 Å². The first kappa shape index (κ1) is 17.1. The molecule has 3 aromatic rings. The van der Waals surface area contributed by atoms with Crippen LogP contribution in [-0.4, -0.2) is 54.2 Å². The zero-order chi connectivity index (χ0) is 18.6. The highest BCUT2D eigenvalue weighted by Gasteiger charge is 2.25. The number of aryl methyl sites for hydroxylation is 1. The maximum Gasteiger partial charge on any atom is 0.321 e. The van der Waals surface area contributed by atoms with Crippen molar-refractivity contribution in [1.29, 1.82) is 0 Å². The Bertz CT molecular complexity index is 909. The summed E-state index contributed by atoms with van der Waals surface area (Å²) in [6.45, 7) is 3.24. The number of likely N-dealkylation sites (tertiary alicyclic amines) is 1. The SMILES string of the molecule is Cc1nnnn1-c1ccc(NC(=O)N2CCCC(c3ccncn3)C2)cc1. The lowest BCUT2D eigenvalue weighted by atomic mass is 9.95. The summed E-state index contributed by atoms with van der Waals surface area (Å²) in [6, 6.07) is 9.27. The Kier molecular flexibility index (Phi) is 4.73. The lowest BCUT2D eigenvalue weighted by molar-refractivity contribution is 0.192. The fraction of sp³-hybridized carbons (Fsp3) is 0.333. The van der Waals surface area contributed by atoms with Gasteiger partial charge in [-0.25, -0.2) is 14.8 Å². The lowest BCUT2D eigenvalue weighted by Gasteiger charge is -2.32. The van der Waals surface area contributed by atoms with E-state index in [-0.39, 0.29) is 11.9 Å². The quantitative estimate of drug-likeness (QED) is 0.764. The molecule has 0 radical (unpaired) electrons. The number of aromatic nitrogens is 6. The molecule has 4 rings (SSSR count). The summed E-state index contributed by atoms with van der Waals surface area (Å²) < 4.78 is 1.64. The third-order valence-corrected chi connectivity index (χ3v) is 4.72. The number of nitrogens with one attached hydrogen (secondary N) is 1. The average molecular weight is 364 g/mol. The molecular formula is C18H20N8O. The molecule has 9 nitrogen and oxygen atoms in total. The number of rotatable bonds is 3. The topological polar surface area (TPSA) is 102 Å². The summed E-state index contributed by atoms with van der Waals surface area (Å²) in [6.07, 6.45) is 5.29. The number of tetrazole rings is 1. The van der Waals surface area contributed by atoms with Crippen LogP contribution in [0.4, 0.5) is 10.5 Å². The molecule has 1 aromatic carbocycles. The molecule has 1 saturated heterocycles. The second kappa shape index (κ2) is 7.48. The van der Waals surface area contributed by atoms with Gasteiger partial charge in [0.15, 0.2) is 5.82 Å². The second-order valence-corrected chi connectivity index (χ2v) is 6.53. The van der Waals surface area contributed by atoms with Crippen LogP contribution in [0.25, 0.3) is 5.69 Å². The van der Waals surface area contributed by atoms with Crippen LogP contribution in [0.1, 0.15) is 30.3 Å². The molecule has 0 bridgehead atoms. The first-order valence-corrected chi connectivity index (χ1v) is 8.88. The Labute approximate surface area is 156 Å². The Morgan fingerprint density at radius 3 is 2.78 bits per heavy atom. The van der Waals surface area contributed by atoms with E-state index >= 15 is 0 Å². The molecule has 3 heterocycles. The summed E-state index contributed by atoms with van der Waals surface area (Å²) in [4.78, 5) is 22.8. The number of benzene rings is 1. The van der Waals surface area contributed by atoms with Gasteiger partial charge in [0, 0.05) is 36.6 Å². The van der Waals surface area contributed by atoms with Gasteiger partial charge in [-0.1, -0.05) is 0 Å². The van der Waals surface area contributed by atoms with Gasteiger partial charge in [0.05, 0.1) is 5.69 Å². The second-order valence-electron chi connectivity index (χ2n) is 6.53. The summed E-state index contributed by atoms with van der Waals surface area (Å²) in [5.41, 5.74) is 2.57. The van der Waals surface area contributed by atoms with Gasteiger partial charge in [-0.15, -0.1) is 5.10 Å². The molecule has 2 aromatic heterocycles. The minimum absolute atomic E-state index is 0.0971. The summed E-state index contributed by atoms with van der Waals surface area (Å²) in [5.74, 6) is 0.952. The van der Waals surface area contributed by atoms with E-state index in [2.05, 4.69) is 30.8 Å². The van der Waals surface area contributed by atoms with Crippen molar-refractivity contribution in [2.24, 2.45) is 0 Å². The molecule has 1 aliphatic heterocycles. The number of hydrogen-bond acceptors (Lipinski definition) is 6. The van der Waals surface area contributed by atoms with E-state index in [0.29, 0.717) is 12.4 Å². The van der Waals surface area contributed by atoms with Crippen molar-refractivity contribution in [1.82, 2.24) is 35.1 Å². The van der Waals surface area contributed by atoms with Crippen LogP contribution in [0, 0.1) is 6.92 Å². The van der Waals surface area contributed by atoms with Gasteiger partial charge < -0.3 is 10.2 Å². The highest BCUT2D eigenvalue weighted by molar-refractivity contribution is 5.89. The predicted molar refractivity (Wildman–Crippen MR) is 98.5 cm³/mol. The van der Waals surface area contributed by atoms with Gasteiger partial charge in [0.25, 0.3) is 0 Å². The van der Waals surface area contributed by atoms with Crippen LogP contribution in [-0.2, 0) is 0 Å². The minimum atomic E-state index is -0.0971. The molecule has 1 unspecified atom stereocenters. The lowest BCUT2D eigenvalue weighted by Crippen LogP contribution is -2.41. The normalized spacial score (nSPS) is 16.9. The summed E-state index contributed by atoms with van der Waals surface area (Å²) in [5, 5.41) is 14.4. The highest BCUT2D eigenvalue weighted by Crippen LogP contribution is 2.25. The summed E-state index contributed by atoms with van der Waals surface area (Å²) in [7, 11) is 0. The number of amides is 2. The number of nitrogens with zero attached hydrogens (tertiary/aromatic N) is 7. The third-order valence-electron chi connectivity index (χ3n) is 4.72. The molecule has 2 amide bonds. The van der Waals surface area contributed by atoms with Crippen molar-refractivity contribution in [2.75, 3.05) is 18.4 Å². The van der Waals surface area contributed by atoms with Crippen LogP contribution in [0.15, 0.2) is 42.9 Å². The molecule has 0 aliphatic carbocycles. The minimum Gasteiger partial charge on any atom is -0.324 e. The molecule has 138 valence electrons. The largest absolute Gasteiger partial charge is 0.324 e. The number of carbonyl (C=O) groups is 1. The Balaban J connectivity index is 1.40. The van der Waals surface area contributed by atoms with Crippen molar-refractivity contribution >= 4 is 11.7 Å². The van der Waals surface area contributed by atoms with Crippen LogP contribution < -0.4 is 5.32 Å². The molecular weight excluding hydrogens is 344 g/mol. The maximum atomic E-state index is 12.7. The van der Waals surface area contributed by atoms with Crippen molar-refractivity contribution in [3.05, 3.63) is 54.4 Å². The third kappa shape index (κ3) is 3.76. The van der Waals surface area contributed by atoms with Crippen molar-refractivity contribution in [3.8, 4) is 5.69 Å². The van der Waals surface area contributed by atoms with E-state index in [1.165, 1.54) is 0 Å². The first-order valence-electron chi connectivity index (χ1n) is 8.88. The van der Waals surface area contributed by atoms with Crippen molar-refractivity contribution in [2.45, 2.75) is 25.7 Å². The van der Waals surface area contributed by atoms with Gasteiger partial charge in [-0.2, -0.15) is 4.68 Å². The fourth-order valence-corrected chi connectivity index (χ4v) is 3.30. The van der Waals surface area contributed by atoms with Crippen LogP contribution in [0.3, 0.4) is 0 Å². The number of anilines is 1. The Morgan fingerprint density at radius 1 is 1.22 bits per heavy atom. The fourth-order valence-electron chi connectivity index (χ4n) is 3.30. The smallest absolute Gasteiger partial charge is 0.321 e. The van der Waals surface area contributed by atoms with Gasteiger partial charge in [0.2, 0.25) is 0 Å².